The molecule has 0 bridgehead atoms. The Labute approximate surface area is 102 Å². The first kappa shape index (κ1) is 12.9. The number of aryl methyl sites for hydroxylation is 1. The van der Waals surface area contributed by atoms with Crippen molar-refractivity contribution in [2.45, 2.75) is 13.8 Å². The van der Waals surface area contributed by atoms with E-state index >= 15 is 0 Å². The number of H-pyrrole nitrogens is 1. The van der Waals surface area contributed by atoms with E-state index < -0.39 is 0 Å². The van der Waals surface area contributed by atoms with Crippen molar-refractivity contribution in [3.05, 3.63) is 53.1 Å². The van der Waals surface area contributed by atoms with E-state index in [0.717, 1.165) is 28.2 Å². The highest BCUT2D eigenvalue weighted by Gasteiger charge is 2.09. The first-order valence-corrected chi connectivity index (χ1v) is 5.38. The Balaban J connectivity index is 3.47. The van der Waals surface area contributed by atoms with Gasteiger partial charge >= 0.3 is 0 Å². The van der Waals surface area contributed by atoms with Crippen LogP contribution in [0.25, 0.3) is 18.2 Å². The van der Waals surface area contributed by atoms with E-state index in [4.69, 9.17) is 11.5 Å². The summed E-state index contributed by atoms with van der Waals surface area (Å²) in [6, 6.07) is 0. The lowest BCUT2D eigenvalue weighted by Gasteiger charge is -1.99. The molecule has 0 aromatic carbocycles. The van der Waals surface area contributed by atoms with Gasteiger partial charge in [-0.15, -0.1) is 0 Å². The van der Waals surface area contributed by atoms with Gasteiger partial charge in [-0.05, 0) is 38.2 Å². The van der Waals surface area contributed by atoms with Crippen molar-refractivity contribution >= 4 is 18.2 Å². The molecule has 0 spiro atoms. The highest BCUT2D eigenvalue weighted by atomic mass is 14.7. The van der Waals surface area contributed by atoms with Crippen LogP contribution < -0.4 is 11.5 Å². The van der Waals surface area contributed by atoms with Gasteiger partial charge < -0.3 is 16.5 Å². The van der Waals surface area contributed by atoms with Crippen molar-refractivity contribution in [1.29, 1.82) is 0 Å². The normalized spacial score (nSPS) is 12.6. The Morgan fingerprint density at radius 2 is 1.82 bits per heavy atom. The van der Waals surface area contributed by atoms with E-state index in [1.807, 2.05) is 26.0 Å². The molecule has 0 radical (unpaired) electrons. The third kappa shape index (κ3) is 2.91. The summed E-state index contributed by atoms with van der Waals surface area (Å²) in [7, 11) is 0. The smallest absolute Gasteiger partial charge is 0.0456 e. The molecule has 3 heteroatoms. The molecule has 5 N–H and O–H groups in total. The molecule has 1 heterocycles. The Morgan fingerprint density at radius 1 is 1.18 bits per heavy atom. The molecule has 0 unspecified atom stereocenters. The maximum Gasteiger partial charge on any atom is 0.0456 e. The summed E-state index contributed by atoms with van der Waals surface area (Å²) >= 11 is 0. The third-order valence-corrected chi connectivity index (χ3v) is 2.43. The van der Waals surface area contributed by atoms with Gasteiger partial charge in [0.15, 0.2) is 0 Å². The van der Waals surface area contributed by atoms with Crippen LogP contribution in [0.3, 0.4) is 0 Å². The van der Waals surface area contributed by atoms with Crippen LogP contribution in [0, 0.1) is 6.92 Å². The summed E-state index contributed by atoms with van der Waals surface area (Å²) in [5.41, 5.74) is 16.8. The average molecular weight is 229 g/mol. The number of nitrogens with two attached hydrogens (primary N) is 2. The minimum atomic E-state index is 0.618. The van der Waals surface area contributed by atoms with E-state index in [1.54, 1.807) is 12.2 Å². The predicted molar refractivity (Wildman–Crippen MR) is 75.8 cm³/mol. The Kier molecular flexibility index (Phi) is 3.99. The van der Waals surface area contributed by atoms with Crippen LogP contribution in [0.1, 0.15) is 29.4 Å². The van der Waals surface area contributed by atoms with Gasteiger partial charge in [0.1, 0.15) is 0 Å². The lowest BCUT2D eigenvalue weighted by atomic mass is 10.1. The molecule has 3 nitrogen and oxygen atoms in total. The maximum atomic E-state index is 5.78. The monoisotopic (exact) mass is 229 g/mol. The van der Waals surface area contributed by atoms with Crippen molar-refractivity contribution in [3.8, 4) is 0 Å². The lowest BCUT2D eigenvalue weighted by molar-refractivity contribution is 1.24. The Hall–Kier alpha value is -2.16. The molecular weight excluding hydrogens is 210 g/mol. The molecule has 90 valence electrons. The average Bonchev–Trinajstić information content (AvgIpc) is 2.56. The number of hydrogen-bond donors (Lipinski definition) is 3. The van der Waals surface area contributed by atoms with Gasteiger partial charge in [0.05, 0.1) is 0 Å². The van der Waals surface area contributed by atoms with Crippen molar-refractivity contribution < 1.29 is 0 Å². The van der Waals surface area contributed by atoms with E-state index in [-0.39, 0.29) is 0 Å². The summed E-state index contributed by atoms with van der Waals surface area (Å²) in [6.07, 6.45) is 7.16. The largest absolute Gasteiger partial charge is 0.402 e. The quantitative estimate of drug-likeness (QED) is 0.695. The van der Waals surface area contributed by atoms with E-state index in [9.17, 15) is 0 Å². The first-order valence-electron chi connectivity index (χ1n) is 5.38. The molecule has 0 aliphatic rings. The van der Waals surface area contributed by atoms with Crippen LogP contribution in [0.15, 0.2) is 30.6 Å². The Bertz CT molecular complexity index is 498. The third-order valence-electron chi connectivity index (χ3n) is 2.43. The van der Waals surface area contributed by atoms with Crippen molar-refractivity contribution in [2.24, 2.45) is 11.5 Å². The summed E-state index contributed by atoms with van der Waals surface area (Å²) < 4.78 is 0. The molecule has 0 atom stereocenters. The van der Waals surface area contributed by atoms with Crippen LogP contribution in [0.2, 0.25) is 0 Å². The zero-order valence-corrected chi connectivity index (χ0v) is 10.4. The number of allylic oxidation sites excluding steroid dienone is 2. The fourth-order valence-electron chi connectivity index (χ4n) is 1.64. The molecular formula is C14H19N3. The van der Waals surface area contributed by atoms with Gasteiger partial charge in [-0.3, -0.25) is 0 Å². The summed E-state index contributed by atoms with van der Waals surface area (Å²) in [6.45, 7) is 11.3. The number of rotatable bonds is 4. The molecule has 0 saturated carbocycles. The fraction of sp³-hybridized carbons (Fsp3) is 0.143. The second kappa shape index (κ2) is 5.25. The SMILES string of the molecule is C=C/C(N)=C\c1c(C)[nH]c(C=C)c1/C=C(\C)N. The lowest BCUT2D eigenvalue weighted by Crippen LogP contribution is -1.94. The van der Waals surface area contributed by atoms with Crippen LogP contribution in [-0.2, 0) is 0 Å². The summed E-state index contributed by atoms with van der Waals surface area (Å²) in [5, 5.41) is 0. The number of hydrogen-bond acceptors (Lipinski definition) is 2. The topological polar surface area (TPSA) is 67.8 Å². The number of aromatic nitrogens is 1. The van der Waals surface area contributed by atoms with E-state index in [2.05, 4.69) is 18.1 Å². The highest BCUT2D eigenvalue weighted by Crippen LogP contribution is 2.24. The molecule has 0 aliphatic heterocycles. The van der Waals surface area contributed by atoms with Gasteiger partial charge in [-0.2, -0.15) is 0 Å². The second-order valence-electron chi connectivity index (χ2n) is 3.93. The van der Waals surface area contributed by atoms with Crippen LogP contribution in [-0.4, -0.2) is 4.98 Å². The molecule has 17 heavy (non-hydrogen) atoms. The molecule has 1 aromatic heterocycles. The number of nitrogens with one attached hydrogen (secondary N) is 1. The first-order chi connectivity index (χ1) is 7.99. The Morgan fingerprint density at radius 3 is 2.29 bits per heavy atom. The molecule has 0 aliphatic carbocycles. The van der Waals surface area contributed by atoms with Gasteiger partial charge in [0.2, 0.25) is 0 Å². The molecule has 0 fully saturated rings. The second-order valence-corrected chi connectivity index (χ2v) is 3.93. The number of aromatic amines is 1. The zero-order chi connectivity index (χ0) is 13.0. The molecule has 0 amide bonds. The van der Waals surface area contributed by atoms with Crippen molar-refractivity contribution in [3.63, 3.8) is 0 Å². The van der Waals surface area contributed by atoms with Gasteiger partial charge in [0, 0.05) is 33.9 Å². The molecule has 1 rings (SSSR count). The van der Waals surface area contributed by atoms with Crippen molar-refractivity contribution in [1.82, 2.24) is 4.98 Å². The van der Waals surface area contributed by atoms with Gasteiger partial charge in [-0.25, -0.2) is 0 Å². The summed E-state index contributed by atoms with van der Waals surface area (Å²) in [5.74, 6) is 0. The van der Waals surface area contributed by atoms with Crippen LogP contribution in [0.5, 0.6) is 0 Å². The fourth-order valence-corrected chi connectivity index (χ4v) is 1.64. The molecule has 1 aromatic rings. The highest BCUT2D eigenvalue weighted by molar-refractivity contribution is 5.76. The predicted octanol–water partition coefficient (Wildman–Crippen LogP) is 2.77. The van der Waals surface area contributed by atoms with E-state index in [1.165, 1.54) is 0 Å². The zero-order valence-electron chi connectivity index (χ0n) is 10.4. The van der Waals surface area contributed by atoms with Gasteiger partial charge in [0.25, 0.3) is 0 Å². The maximum absolute atomic E-state index is 5.78. The minimum absolute atomic E-state index is 0.618. The van der Waals surface area contributed by atoms with E-state index in [0.29, 0.717) is 5.70 Å². The van der Waals surface area contributed by atoms with Gasteiger partial charge in [-0.1, -0.05) is 13.2 Å². The minimum Gasteiger partial charge on any atom is -0.402 e. The molecule has 0 saturated heterocycles. The van der Waals surface area contributed by atoms with Crippen LogP contribution in [0.4, 0.5) is 0 Å². The summed E-state index contributed by atoms with van der Waals surface area (Å²) in [4.78, 5) is 3.25. The standard InChI is InChI=1S/C14H19N3/c1-5-11(16)8-12-10(4)17-14(6-2)13(12)7-9(3)15/h5-8,17H,1-2,15-16H2,3-4H3/b9-7+,11-8+. The van der Waals surface area contributed by atoms with Crippen LogP contribution >= 0.6 is 0 Å². The van der Waals surface area contributed by atoms with Crippen molar-refractivity contribution in [2.75, 3.05) is 0 Å².